The van der Waals surface area contributed by atoms with Gasteiger partial charge in [-0.15, -0.1) is 0 Å². The molecule has 3 heteroatoms. The van der Waals surface area contributed by atoms with Gasteiger partial charge in [0.2, 0.25) is 0 Å². The van der Waals surface area contributed by atoms with Crippen molar-refractivity contribution < 1.29 is 4.42 Å². The number of hydrogen-bond acceptors (Lipinski definition) is 3. The summed E-state index contributed by atoms with van der Waals surface area (Å²) in [5.74, 6) is 0.667. The maximum Gasteiger partial charge on any atom is 0.160 e. The van der Waals surface area contributed by atoms with E-state index in [1.807, 2.05) is 6.07 Å². The average molecular weight is 953 g/mol. The molecule has 0 bridgehead atoms. The number of aromatic nitrogens is 2. The minimum absolute atomic E-state index is 0.542. The van der Waals surface area contributed by atoms with E-state index in [1.54, 1.807) is 0 Å². The molecule has 348 valence electrons. The maximum absolute atomic E-state index is 7.16. The third-order valence-electron chi connectivity index (χ3n) is 16.6. The first-order valence-corrected chi connectivity index (χ1v) is 25.9. The van der Waals surface area contributed by atoms with Crippen LogP contribution in [0.5, 0.6) is 0 Å². The highest BCUT2D eigenvalue weighted by Crippen LogP contribution is 2.69. The van der Waals surface area contributed by atoms with Crippen LogP contribution in [0.4, 0.5) is 0 Å². The molecule has 2 heterocycles. The summed E-state index contributed by atoms with van der Waals surface area (Å²) in [6.07, 6.45) is 0. The number of benzene rings is 11. The lowest BCUT2D eigenvalue weighted by atomic mass is 9.52. The molecule has 2 spiro atoms. The Morgan fingerprint density at radius 2 is 0.720 bits per heavy atom. The second kappa shape index (κ2) is 15.9. The minimum atomic E-state index is -0.702. The van der Waals surface area contributed by atoms with Gasteiger partial charge < -0.3 is 4.42 Å². The zero-order valence-corrected chi connectivity index (χ0v) is 40.7. The molecule has 0 radical (unpaired) electrons. The van der Waals surface area contributed by atoms with Crippen molar-refractivity contribution in [3.8, 4) is 78.4 Å². The van der Waals surface area contributed by atoms with Gasteiger partial charge in [0.1, 0.15) is 11.2 Å². The minimum Gasteiger partial charge on any atom is -0.455 e. The summed E-state index contributed by atoms with van der Waals surface area (Å²) in [7, 11) is 0. The average Bonchev–Trinajstić information content (AvgIpc) is 4.14. The van der Waals surface area contributed by atoms with Crippen molar-refractivity contribution in [1.29, 1.82) is 0 Å². The lowest BCUT2D eigenvalue weighted by Crippen LogP contribution is -2.43. The van der Waals surface area contributed by atoms with Crippen LogP contribution in [0.2, 0.25) is 0 Å². The maximum atomic E-state index is 7.16. The van der Waals surface area contributed by atoms with E-state index in [9.17, 15) is 0 Å². The molecule has 3 nitrogen and oxygen atoms in total. The van der Waals surface area contributed by atoms with Gasteiger partial charge in [0.05, 0.1) is 22.2 Å². The fourth-order valence-corrected chi connectivity index (χ4v) is 13.6. The van der Waals surface area contributed by atoms with Crippen LogP contribution in [0, 0.1) is 0 Å². The number of fused-ring (bicyclic) bond motifs is 20. The Morgan fingerprint density at radius 3 is 1.40 bits per heavy atom. The van der Waals surface area contributed by atoms with Crippen LogP contribution in [0.15, 0.2) is 271 Å². The highest BCUT2D eigenvalue weighted by molar-refractivity contribution is 6.14. The van der Waals surface area contributed by atoms with Crippen molar-refractivity contribution in [3.63, 3.8) is 0 Å². The SMILES string of the molecule is c1ccc(-c2cccc(-c3cc(-c4ccccc4)nc(-c4cccc(-c5cccc6c5-c5c(ccc7c5oc5ccccc57)C65c6ccccc6C6(c7ccccc7-c7ccccc76)c6ccccc65)c4)n3)c2)cc1. The van der Waals surface area contributed by atoms with Gasteiger partial charge in [-0.05, 0) is 108 Å². The summed E-state index contributed by atoms with van der Waals surface area (Å²) < 4.78 is 7.16. The van der Waals surface area contributed by atoms with E-state index in [4.69, 9.17) is 14.4 Å². The van der Waals surface area contributed by atoms with E-state index in [2.05, 4.69) is 261 Å². The first kappa shape index (κ1) is 41.9. The van der Waals surface area contributed by atoms with Crippen molar-refractivity contribution >= 4 is 21.9 Å². The molecular weight excluding hydrogens is 909 g/mol. The summed E-state index contributed by atoms with van der Waals surface area (Å²) in [6.45, 7) is 0. The van der Waals surface area contributed by atoms with Crippen LogP contribution >= 0.6 is 0 Å². The fourth-order valence-electron chi connectivity index (χ4n) is 13.6. The van der Waals surface area contributed by atoms with Gasteiger partial charge >= 0.3 is 0 Å². The van der Waals surface area contributed by atoms with Crippen LogP contribution in [-0.2, 0) is 10.8 Å². The first-order chi connectivity index (χ1) is 37.2. The van der Waals surface area contributed by atoms with E-state index in [-0.39, 0.29) is 0 Å². The van der Waals surface area contributed by atoms with Crippen molar-refractivity contribution in [3.05, 3.63) is 311 Å². The number of furan rings is 1. The smallest absolute Gasteiger partial charge is 0.160 e. The standard InChI is InChI=1S/C72H44N2O/c1-3-20-45(21-4-1)47-24-17-26-49(42-47)65-44-64(46-22-5-2-6-23-46)73-70(74-65)50-27-18-25-48(43-50)51-31-19-38-62-67(51)68-63(41-40-55-54-30-9-16-39-66(54)75-69(55)68)72(62)60-36-14-12-34-58(60)71(59-35-13-15-37-61(59)72)56-32-10-7-28-52(56)53-29-8-11-33-57(53)71/h1-44H. The van der Waals surface area contributed by atoms with Crippen LogP contribution in [0.3, 0.4) is 0 Å². The lowest BCUT2D eigenvalue weighted by molar-refractivity contribution is 0.631. The molecule has 0 unspecified atom stereocenters. The summed E-state index contributed by atoms with van der Waals surface area (Å²) in [6, 6.07) is 97.6. The van der Waals surface area contributed by atoms with E-state index in [0.29, 0.717) is 5.82 Å². The Labute approximate surface area is 434 Å². The van der Waals surface area contributed by atoms with Gasteiger partial charge in [-0.2, -0.15) is 0 Å². The van der Waals surface area contributed by atoms with Crippen molar-refractivity contribution in [2.24, 2.45) is 0 Å². The number of rotatable bonds is 5. The van der Waals surface area contributed by atoms with Crippen LogP contribution in [0.25, 0.3) is 100 Å². The molecule has 0 fully saturated rings. The number of nitrogens with zero attached hydrogens (tertiary/aromatic N) is 2. The number of hydrogen-bond donors (Lipinski definition) is 0. The molecule has 0 amide bonds. The highest BCUT2D eigenvalue weighted by Gasteiger charge is 2.59. The summed E-state index contributed by atoms with van der Waals surface area (Å²) in [5, 5.41) is 2.22. The molecule has 0 N–H and O–H groups in total. The summed E-state index contributed by atoms with van der Waals surface area (Å²) >= 11 is 0. The molecule has 11 aromatic carbocycles. The topological polar surface area (TPSA) is 38.9 Å². The van der Waals surface area contributed by atoms with E-state index < -0.39 is 10.8 Å². The van der Waals surface area contributed by atoms with E-state index in [0.717, 1.165) is 77.8 Å². The monoisotopic (exact) mass is 952 g/mol. The van der Waals surface area contributed by atoms with Gasteiger partial charge in [0.25, 0.3) is 0 Å². The van der Waals surface area contributed by atoms with Gasteiger partial charge in [0.15, 0.2) is 5.82 Å². The molecule has 0 atom stereocenters. The van der Waals surface area contributed by atoms with Gasteiger partial charge in [-0.3, -0.25) is 0 Å². The van der Waals surface area contributed by atoms with E-state index in [1.165, 1.54) is 61.2 Å². The van der Waals surface area contributed by atoms with E-state index >= 15 is 0 Å². The third kappa shape index (κ3) is 5.75. The zero-order valence-electron chi connectivity index (χ0n) is 40.7. The van der Waals surface area contributed by atoms with Crippen molar-refractivity contribution in [2.45, 2.75) is 10.8 Å². The predicted octanol–water partition coefficient (Wildman–Crippen LogP) is 17.8. The molecule has 75 heavy (non-hydrogen) atoms. The molecule has 0 saturated carbocycles. The van der Waals surface area contributed by atoms with Crippen LogP contribution in [-0.4, -0.2) is 9.97 Å². The van der Waals surface area contributed by atoms with Crippen LogP contribution < -0.4 is 0 Å². The van der Waals surface area contributed by atoms with Crippen molar-refractivity contribution in [2.75, 3.05) is 0 Å². The second-order valence-electron chi connectivity index (χ2n) is 20.2. The normalized spacial score (nSPS) is 13.8. The lowest BCUT2D eigenvalue weighted by Gasteiger charge is -2.48. The zero-order chi connectivity index (χ0) is 49.2. The second-order valence-corrected chi connectivity index (χ2v) is 20.2. The Balaban J connectivity index is 0.956. The molecule has 13 aromatic rings. The third-order valence-corrected chi connectivity index (χ3v) is 16.6. The largest absolute Gasteiger partial charge is 0.455 e. The fraction of sp³-hybridized carbons (Fsp3) is 0.0278. The predicted molar refractivity (Wildman–Crippen MR) is 305 cm³/mol. The summed E-state index contributed by atoms with van der Waals surface area (Å²) in [5.41, 5.74) is 25.0. The quantitative estimate of drug-likeness (QED) is 0.173. The Bertz CT molecular complexity index is 4390. The molecular formula is C72H44N2O. The molecule has 3 aliphatic rings. The molecule has 16 rings (SSSR count). The molecule has 2 aromatic heterocycles. The van der Waals surface area contributed by atoms with Gasteiger partial charge in [-0.1, -0.05) is 243 Å². The van der Waals surface area contributed by atoms with Gasteiger partial charge in [-0.25, -0.2) is 9.97 Å². The van der Waals surface area contributed by atoms with Crippen LogP contribution in [0.1, 0.15) is 44.5 Å². The Kier molecular flexibility index (Phi) is 8.88. The highest BCUT2D eigenvalue weighted by atomic mass is 16.3. The Morgan fingerprint density at radius 1 is 0.267 bits per heavy atom. The summed E-state index contributed by atoms with van der Waals surface area (Å²) in [4.78, 5) is 10.7. The molecule has 3 aliphatic carbocycles. The van der Waals surface area contributed by atoms with Crippen molar-refractivity contribution in [1.82, 2.24) is 9.97 Å². The molecule has 0 saturated heterocycles. The first-order valence-electron chi connectivity index (χ1n) is 25.9. The van der Waals surface area contributed by atoms with Gasteiger partial charge in [0, 0.05) is 33.0 Å². The Hall–Kier alpha value is -9.70. The number of para-hydroxylation sites is 1. The molecule has 0 aliphatic heterocycles.